The molecule has 1 unspecified atom stereocenters. The number of fused-ring (bicyclic) bond motifs is 3. The number of amides is 1. The molecule has 3 heterocycles. The number of pyridine rings is 1. The van der Waals surface area contributed by atoms with Crippen LogP contribution in [0.3, 0.4) is 0 Å². The van der Waals surface area contributed by atoms with E-state index in [0.717, 1.165) is 68.2 Å². The van der Waals surface area contributed by atoms with Crippen LogP contribution in [0.1, 0.15) is 102 Å². The van der Waals surface area contributed by atoms with Crippen LogP contribution in [0.25, 0.3) is 22.2 Å². The zero-order valence-electron chi connectivity index (χ0n) is 36.0. The Labute approximate surface area is 373 Å². The molecular weight excluding hydrogens is 845 g/mol. The number of carbonyl (C=O) groups is 3. The molecule has 0 spiro atoms. The van der Waals surface area contributed by atoms with Crippen molar-refractivity contribution in [2.75, 3.05) is 13.2 Å². The van der Waals surface area contributed by atoms with E-state index in [4.69, 9.17) is 30.6 Å². The molecule has 4 aliphatic rings. The van der Waals surface area contributed by atoms with E-state index in [-0.39, 0.29) is 61.7 Å². The highest BCUT2D eigenvalue weighted by Crippen LogP contribution is 2.77. The Bertz CT molecular complexity index is 2410. The highest BCUT2D eigenvalue weighted by Gasteiger charge is 2.66. The normalized spacial score (nSPS) is 26.0. The van der Waals surface area contributed by atoms with Crippen molar-refractivity contribution in [1.29, 1.82) is 0 Å². The Morgan fingerprint density at radius 3 is 2.44 bits per heavy atom. The SMILES string of the molecule is CCOP(=O)(Cc1c(F)cccc1F)[C@]12CC(=O)[C@@H]3C[C@@H](Oc4cc(-c5ccccc5)nc5c(Cl)c(C)ccc45)CN3C(=O)[C@@H](CC(=O)OC3CCCC3)CCCCC/C=C\[C@H]1C2. The fraction of sp³-hybridized carbons (Fsp3) is 0.480. The maximum absolute atomic E-state index is 15.3. The van der Waals surface area contributed by atoms with Crippen molar-refractivity contribution in [3.63, 3.8) is 0 Å². The first-order valence-electron chi connectivity index (χ1n) is 22.6. The fourth-order valence-corrected chi connectivity index (χ4v) is 13.5. The first-order valence-corrected chi connectivity index (χ1v) is 24.8. The number of hydrogen-bond donors (Lipinski definition) is 0. The molecule has 0 bridgehead atoms. The number of aryl methyl sites for hydroxylation is 1. The Balaban J connectivity index is 1.16. The van der Waals surface area contributed by atoms with Crippen molar-refractivity contribution in [2.45, 2.75) is 127 Å². The first kappa shape index (κ1) is 45.1. The summed E-state index contributed by atoms with van der Waals surface area (Å²) in [6.45, 7) is 3.65. The van der Waals surface area contributed by atoms with Crippen LogP contribution in [0.15, 0.2) is 78.9 Å². The lowest BCUT2D eigenvalue weighted by Crippen LogP contribution is -2.45. The maximum atomic E-state index is 15.3. The zero-order chi connectivity index (χ0) is 44.3. The Hall–Kier alpha value is -4.44. The van der Waals surface area contributed by atoms with Gasteiger partial charge in [0.2, 0.25) is 13.3 Å². The third kappa shape index (κ3) is 9.67. The highest BCUT2D eigenvalue weighted by molar-refractivity contribution is 7.60. The highest BCUT2D eigenvalue weighted by atomic mass is 35.5. The number of aromatic nitrogens is 1. The van der Waals surface area contributed by atoms with Gasteiger partial charge in [-0.15, -0.1) is 0 Å². The lowest BCUT2D eigenvalue weighted by molar-refractivity contribution is -0.154. The summed E-state index contributed by atoms with van der Waals surface area (Å²) in [6.07, 6.45) is 9.84. The molecule has 8 rings (SSSR count). The lowest BCUT2D eigenvalue weighted by atomic mass is 9.94. The van der Waals surface area contributed by atoms with E-state index in [0.29, 0.717) is 46.6 Å². The minimum atomic E-state index is -3.99. The van der Waals surface area contributed by atoms with Crippen LogP contribution >= 0.6 is 19.0 Å². The molecule has 0 radical (unpaired) electrons. The molecule has 13 heteroatoms. The molecule has 1 amide bonds. The Kier molecular flexibility index (Phi) is 13.9. The van der Waals surface area contributed by atoms with E-state index < -0.39 is 54.4 Å². The smallest absolute Gasteiger partial charge is 0.306 e. The number of esters is 1. The first-order chi connectivity index (χ1) is 30.4. The Morgan fingerprint density at radius 2 is 1.70 bits per heavy atom. The molecule has 2 aliphatic carbocycles. The van der Waals surface area contributed by atoms with Crippen molar-refractivity contribution in [3.05, 3.63) is 107 Å². The van der Waals surface area contributed by atoms with E-state index in [1.54, 1.807) is 11.8 Å². The molecule has 1 aromatic heterocycles. The average molecular weight is 901 g/mol. The van der Waals surface area contributed by atoms with Crippen molar-refractivity contribution >= 4 is 47.5 Å². The molecule has 9 nitrogen and oxygen atoms in total. The molecule has 2 aliphatic heterocycles. The van der Waals surface area contributed by atoms with Gasteiger partial charge in [-0.2, -0.15) is 0 Å². The number of rotatable bonds is 11. The van der Waals surface area contributed by atoms with Gasteiger partial charge in [-0.05, 0) is 94.9 Å². The third-order valence-electron chi connectivity index (χ3n) is 13.5. The third-order valence-corrected chi connectivity index (χ3v) is 17.5. The number of hydrogen-bond acceptors (Lipinski definition) is 8. The number of ether oxygens (including phenoxy) is 2. The van der Waals surface area contributed by atoms with Gasteiger partial charge in [0.25, 0.3) is 0 Å². The quantitative estimate of drug-likeness (QED) is 0.0831. The van der Waals surface area contributed by atoms with Crippen molar-refractivity contribution in [3.8, 4) is 17.0 Å². The summed E-state index contributed by atoms with van der Waals surface area (Å²) in [4.78, 5) is 50.1. The number of ketones is 1. The van der Waals surface area contributed by atoms with Crippen LogP contribution in [0, 0.1) is 30.4 Å². The second kappa shape index (κ2) is 19.3. The number of nitrogens with zero attached hydrogens (tertiary/aromatic N) is 2. The predicted octanol–water partition coefficient (Wildman–Crippen LogP) is 11.7. The van der Waals surface area contributed by atoms with E-state index >= 15 is 22.9 Å². The standard InChI is InChI=1S/C50H56ClF2N2O7P/c1-3-60-63(59,31-39-40(52)21-14-22-41(39)53)50-28-35(50)18-11-6-4-5-8-17-34(25-46(57)62-36-19-12-13-20-36)49(58)55-30-37(26-43(55)44(56)29-50)61-45-27-42(33-15-9-7-10-16-33)54-48-38(45)24-23-32(2)47(48)51/h7,9-11,14-16,18,21-24,27,34-37,43H,3-6,8,12-13,17,19-20,25-26,28-31H2,1-2H3/b18-11-/t34-,35+,37-,43+,50-,63?/m1/s1. The molecule has 3 aromatic carbocycles. The number of carbonyl (C=O) groups excluding carboxylic acids is 3. The van der Waals surface area contributed by atoms with Gasteiger partial charge < -0.3 is 18.9 Å². The van der Waals surface area contributed by atoms with Gasteiger partial charge in [0, 0.05) is 41.3 Å². The number of benzene rings is 3. The molecule has 2 saturated carbocycles. The molecular formula is C50H56ClF2N2O7P. The van der Waals surface area contributed by atoms with Crippen LogP contribution < -0.4 is 4.74 Å². The largest absolute Gasteiger partial charge is 0.488 e. The van der Waals surface area contributed by atoms with Gasteiger partial charge >= 0.3 is 5.97 Å². The molecule has 4 aromatic rings. The van der Waals surface area contributed by atoms with Gasteiger partial charge in [0.05, 0.1) is 53.2 Å². The van der Waals surface area contributed by atoms with Crippen LogP contribution in [0.2, 0.25) is 5.02 Å². The molecule has 0 N–H and O–H groups in total. The summed E-state index contributed by atoms with van der Waals surface area (Å²) in [5.74, 6) is -3.34. The maximum Gasteiger partial charge on any atom is 0.306 e. The van der Waals surface area contributed by atoms with Crippen molar-refractivity contribution in [1.82, 2.24) is 9.88 Å². The van der Waals surface area contributed by atoms with Gasteiger partial charge in [-0.1, -0.05) is 79.1 Å². The molecule has 3 fully saturated rings. The van der Waals surface area contributed by atoms with Crippen molar-refractivity contribution in [2.24, 2.45) is 11.8 Å². The number of halogens is 3. The van der Waals surface area contributed by atoms with E-state index in [9.17, 15) is 4.79 Å². The number of Topliss-reactive ketones (excluding diaryl/α,β-unsaturated/α-hetero) is 1. The topological polar surface area (TPSA) is 112 Å². The van der Waals surface area contributed by atoms with E-state index in [1.807, 2.05) is 67.6 Å². The van der Waals surface area contributed by atoms with Gasteiger partial charge in [0.1, 0.15) is 29.6 Å². The van der Waals surface area contributed by atoms with Crippen molar-refractivity contribution < 1.29 is 41.7 Å². The second-order valence-electron chi connectivity index (χ2n) is 17.8. The van der Waals surface area contributed by atoms with Crippen LogP contribution in [-0.2, 0) is 34.4 Å². The zero-order valence-corrected chi connectivity index (χ0v) is 37.7. The van der Waals surface area contributed by atoms with Gasteiger partial charge in [-0.25, -0.2) is 13.8 Å². The monoisotopic (exact) mass is 900 g/mol. The van der Waals surface area contributed by atoms with Gasteiger partial charge in [-0.3, -0.25) is 18.9 Å². The Morgan fingerprint density at radius 1 is 0.952 bits per heavy atom. The average Bonchev–Trinajstić information content (AvgIpc) is 3.52. The second-order valence-corrected chi connectivity index (χ2v) is 21.0. The van der Waals surface area contributed by atoms with Crippen LogP contribution in [-0.4, -0.2) is 64.1 Å². The molecule has 1 saturated heterocycles. The summed E-state index contributed by atoms with van der Waals surface area (Å²) < 4.78 is 64.6. The predicted molar refractivity (Wildman–Crippen MR) is 240 cm³/mol. The van der Waals surface area contributed by atoms with Crippen LogP contribution in [0.5, 0.6) is 5.75 Å². The van der Waals surface area contributed by atoms with E-state index in [2.05, 4.69) is 0 Å². The minimum absolute atomic E-state index is 0.0106. The molecule has 6 atom stereocenters. The minimum Gasteiger partial charge on any atom is -0.488 e. The summed E-state index contributed by atoms with van der Waals surface area (Å²) in [7, 11) is -3.99. The summed E-state index contributed by atoms with van der Waals surface area (Å²) in [5.41, 5.74) is 2.55. The fourth-order valence-electron chi connectivity index (χ4n) is 10.0. The molecule has 334 valence electrons. The summed E-state index contributed by atoms with van der Waals surface area (Å²) >= 11 is 6.88. The summed E-state index contributed by atoms with van der Waals surface area (Å²) in [5, 5.41) is -0.0896. The molecule has 63 heavy (non-hydrogen) atoms. The number of allylic oxidation sites excluding steroid dienone is 2. The summed E-state index contributed by atoms with van der Waals surface area (Å²) in [6, 6.07) is 17.8. The van der Waals surface area contributed by atoms with Crippen LogP contribution in [0.4, 0.5) is 8.78 Å². The van der Waals surface area contributed by atoms with Gasteiger partial charge in [0.15, 0.2) is 5.78 Å². The van der Waals surface area contributed by atoms with E-state index in [1.165, 1.54) is 6.07 Å². The lowest BCUT2D eigenvalue weighted by Gasteiger charge is -2.32.